The van der Waals surface area contributed by atoms with E-state index in [9.17, 15) is 0 Å². The summed E-state index contributed by atoms with van der Waals surface area (Å²) in [6.45, 7) is 8.72. The first-order chi connectivity index (χ1) is 9.27. The Hall–Kier alpha value is -1.23. The Morgan fingerprint density at radius 1 is 1.00 bits per heavy atom. The molecule has 106 valence electrons. The third kappa shape index (κ3) is 3.45. The van der Waals surface area contributed by atoms with Crippen LogP contribution in [0.5, 0.6) is 11.5 Å². The molecule has 0 aliphatic rings. The highest BCUT2D eigenvalue weighted by molar-refractivity contribution is 14.1. The predicted molar refractivity (Wildman–Crippen MR) is 93.5 cm³/mol. The SMILES string of the molecule is Cc1cc(C(C)(C)C)ccc1Oc1ccc(N)cc1I. The number of benzene rings is 2. The molecule has 0 atom stereocenters. The molecule has 0 radical (unpaired) electrons. The van der Waals surface area contributed by atoms with E-state index < -0.39 is 0 Å². The fraction of sp³-hybridized carbons (Fsp3) is 0.294. The van der Waals surface area contributed by atoms with Gasteiger partial charge in [0, 0.05) is 5.69 Å². The number of rotatable bonds is 2. The average Bonchev–Trinajstić information content (AvgIpc) is 2.33. The summed E-state index contributed by atoms with van der Waals surface area (Å²) in [7, 11) is 0. The lowest BCUT2D eigenvalue weighted by Gasteiger charge is -2.20. The fourth-order valence-corrected chi connectivity index (χ4v) is 2.60. The lowest BCUT2D eigenvalue weighted by molar-refractivity contribution is 0.474. The third-order valence-electron chi connectivity index (χ3n) is 3.22. The van der Waals surface area contributed by atoms with E-state index in [0.29, 0.717) is 0 Å². The molecule has 0 spiro atoms. The minimum absolute atomic E-state index is 0.152. The Bertz CT molecular complexity index is 629. The summed E-state index contributed by atoms with van der Waals surface area (Å²) in [5.41, 5.74) is 9.12. The summed E-state index contributed by atoms with van der Waals surface area (Å²) >= 11 is 2.24. The van der Waals surface area contributed by atoms with Crippen molar-refractivity contribution in [3.05, 3.63) is 51.1 Å². The molecule has 0 saturated carbocycles. The summed E-state index contributed by atoms with van der Waals surface area (Å²) in [6, 6.07) is 12.0. The molecule has 2 aromatic carbocycles. The van der Waals surface area contributed by atoms with E-state index in [-0.39, 0.29) is 5.41 Å². The lowest BCUT2D eigenvalue weighted by atomic mass is 9.86. The maximum Gasteiger partial charge on any atom is 0.140 e. The van der Waals surface area contributed by atoms with Gasteiger partial charge in [0.05, 0.1) is 3.57 Å². The van der Waals surface area contributed by atoms with Crippen LogP contribution in [0.25, 0.3) is 0 Å². The smallest absolute Gasteiger partial charge is 0.140 e. The van der Waals surface area contributed by atoms with Gasteiger partial charge in [0.15, 0.2) is 0 Å². The molecular weight excluding hydrogens is 361 g/mol. The molecule has 0 aliphatic carbocycles. The van der Waals surface area contributed by atoms with Crippen LogP contribution in [-0.4, -0.2) is 0 Å². The van der Waals surface area contributed by atoms with Crippen molar-refractivity contribution in [1.82, 2.24) is 0 Å². The topological polar surface area (TPSA) is 35.2 Å². The maximum atomic E-state index is 6.00. The van der Waals surface area contributed by atoms with E-state index in [1.165, 1.54) is 5.56 Å². The first kappa shape index (κ1) is 15.2. The molecular formula is C17H20INO. The molecule has 0 bridgehead atoms. The highest BCUT2D eigenvalue weighted by Crippen LogP contribution is 2.32. The largest absolute Gasteiger partial charge is 0.456 e. The van der Waals surface area contributed by atoms with Crippen molar-refractivity contribution < 1.29 is 4.74 Å². The summed E-state index contributed by atoms with van der Waals surface area (Å²) < 4.78 is 7.02. The quantitative estimate of drug-likeness (QED) is 0.568. The number of hydrogen-bond donors (Lipinski definition) is 1. The van der Waals surface area contributed by atoms with Crippen LogP contribution in [0.3, 0.4) is 0 Å². The molecule has 0 unspecified atom stereocenters. The fourth-order valence-electron chi connectivity index (χ4n) is 1.95. The van der Waals surface area contributed by atoms with Crippen molar-refractivity contribution in [3.8, 4) is 11.5 Å². The minimum atomic E-state index is 0.152. The van der Waals surface area contributed by atoms with E-state index in [1.54, 1.807) is 0 Å². The summed E-state index contributed by atoms with van der Waals surface area (Å²) in [5.74, 6) is 1.73. The van der Waals surface area contributed by atoms with E-state index in [0.717, 1.165) is 26.3 Å². The zero-order valence-electron chi connectivity index (χ0n) is 12.3. The zero-order chi connectivity index (χ0) is 14.9. The van der Waals surface area contributed by atoms with Gasteiger partial charge < -0.3 is 10.5 Å². The summed E-state index contributed by atoms with van der Waals surface area (Å²) in [5, 5.41) is 0. The number of nitrogens with two attached hydrogens (primary N) is 1. The molecule has 0 heterocycles. The molecule has 2 N–H and O–H groups in total. The van der Waals surface area contributed by atoms with Gasteiger partial charge in [0.1, 0.15) is 11.5 Å². The van der Waals surface area contributed by atoms with Crippen LogP contribution in [0.1, 0.15) is 31.9 Å². The van der Waals surface area contributed by atoms with Crippen molar-refractivity contribution in [2.24, 2.45) is 0 Å². The van der Waals surface area contributed by atoms with Crippen LogP contribution in [0.4, 0.5) is 5.69 Å². The Labute approximate surface area is 134 Å². The molecule has 0 aromatic heterocycles. The van der Waals surface area contributed by atoms with Gasteiger partial charge in [-0.25, -0.2) is 0 Å². The van der Waals surface area contributed by atoms with E-state index in [2.05, 4.69) is 62.4 Å². The van der Waals surface area contributed by atoms with Crippen molar-refractivity contribution in [3.63, 3.8) is 0 Å². The molecule has 2 aromatic rings. The highest BCUT2D eigenvalue weighted by atomic mass is 127. The van der Waals surface area contributed by atoms with E-state index in [4.69, 9.17) is 10.5 Å². The van der Waals surface area contributed by atoms with Crippen molar-refractivity contribution in [1.29, 1.82) is 0 Å². The molecule has 20 heavy (non-hydrogen) atoms. The number of nitrogen functional groups attached to an aromatic ring is 1. The van der Waals surface area contributed by atoms with E-state index >= 15 is 0 Å². The Morgan fingerprint density at radius 2 is 1.65 bits per heavy atom. The first-order valence-corrected chi connectivity index (χ1v) is 7.69. The standard InChI is InChI=1S/C17H20INO/c1-11-9-12(17(2,3)4)5-7-15(11)20-16-8-6-13(19)10-14(16)18/h5-10H,19H2,1-4H3. The maximum absolute atomic E-state index is 6.00. The Kier molecular flexibility index (Phi) is 4.28. The van der Waals surface area contributed by atoms with Gasteiger partial charge in [-0.3, -0.25) is 0 Å². The molecule has 3 heteroatoms. The van der Waals surface area contributed by atoms with Gasteiger partial charge in [0.2, 0.25) is 0 Å². The van der Waals surface area contributed by atoms with Gasteiger partial charge in [-0.05, 0) is 70.3 Å². The van der Waals surface area contributed by atoms with Gasteiger partial charge >= 0.3 is 0 Å². The second kappa shape index (κ2) is 5.64. The van der Waals surface area contributed by atoms with Crippen LogP contribution in [0, 0.1) is 10.5 Å². The molecule has 0 saturated heterocycles. The van der Waals surface area contributed by atoms with Crippen LogP contribution in [-0.2, 0) is 5.41 Å². The predicted octanol–water partition coefficient (Wildman–Crippen LogP) is 5.27. The number of hydrogen-bond acceptors (Lipinski definition) is 2. The van der Waals surface area contributed by atoms with Gasteiger partial charge in [-0.2, -0.15) is 0 Å². The van der Waals surface area contributed by atoms with E-state index in [1.807, 2.05) is 24.3 Å². The van der Waals surface area contributed by atoms with Crippen LogP contribution < -0.4 is 10.5 Å². The monoisotopic (exact) mass is 381 g/mol. The molecule has 2 rings (SSSR count). The number of ether oxygens (including phenoxy) is 1. The Balaban J connectivity index is 2.30. The average molecular weight is 381 g/mol. The number of anilines is 1. The molecule has 0 fully saturated rings. The van der Waals surface area contributed by atoms with Gasteiger partial charge in [0.25, 0.3) is 0 Å². The lowest BCUT2D eigenvalue weighted by Crippen LogP contribution is -2.11. The second-order valence-corrected chi connectivity index (χ2v) is 7.18. The van der Waals surface area contributed by atoms with Crippen LogP contribution in [0.15, 0.2) is 36.4 Å². The zero-order valence-corrected chi connectivity index (χ0v) is 14.5. The van der Waals surface area contributed by atoms with Crippen LogP contribution in [0.2, 0.25) is 0 Å². The first-order valence-electron chi connectivity index (χ1n) is 6.61. The van der Waals surface area contributed by atoms with Crippen LogP contribution >= 0.6 is 22.6 Å². The minimum Gasteiger partial charge on any atom is -0.456 e. The summed E-state index contributed by atoms with van der Waals surface area (Å²) in [4.78, 5) is 0. The number of halogens is 1. The molecule has 0 aliphatic heterocycles. The highest BCUT2D eigenvalue weighted by Gasteiger charge is 2.15. The Morgan fingerprint density at radius 3 is 2.20 bits per heavy atom. The summed E-state index contributed by atoms with van der Waals surface area (Å²) in [6.07, 6.45) is 0. The van der Waals surface area contributed by atoms with Crippen molar-refractivity contribution in [2.75, 3.05) is 5.73 Å². The number of aryl methyl sites for hydroxylation is 1. The normalized spacial score (nSPS) is 11.4. The second-order valence-electron chi connectivity index (χ2n) is 6.02. The molecule has 2 nitrogen and oxygen atoms in total. The van der Waals surface area contributed by atoms with Crippen molar-refractivity contribution in [2.45, 2.75) is 33.1 Å². The van der Waals surface area contributed by atoms with Crippen molar-refractivity contribution >= 4 is 28.3 Å². The van der Waals surface area contributed by atoms with Gasteiger partial charge in [-0.1, -0.05) is 32.9 Å². The molecule has 0 amide bonds. The van der Waals surface area contributed by atoms with Gasteiger partial charge in [-0.15, -0.1) is 0 Å². The third-order valence-corrected chi connectivity index (χ3v) is 4.06.